The van der Waals surface area contributed by atoms with Gasteiger partial charge in [-0.3, -0.25) is 9.88 Å². The summed E-state index contributed by atoms with van der Waals surface area (Å²) in [5, 5.41) is 10.1. The van der Waals surface area contributed by atoms with Crippen LogP contribution in [0.4, 0.5) is 0 Å². The molecule has 3 atom stereocenters. The van der Waals surface area contributed by atoms with Crippen molar-refractivity contribution in [3.8, 4) is 0 Å². The Morgan fingerprint density at radius 2 is 2.24 bits per heavy atom. The molecule has 1 aliphatic rings. The van der Waals surface area contributed by atoms with Crippen LogP contribution < -0.4 is 0 Å². The lowest BCUT2D eigenvalue weighted by Crippen LogP contribution is -2.34. The standard InChI is InChI=1S/C16H26N2O3/c1-13(14-5-7-17-8-6-14)18(2)10-15(19)11-20-12-16-4-3-9-21-16/h5-8,13,15-16,19H,3-4,9-12H2,1-2H3. The highest BCUT2D eigenvalue weighted by Crippen LogP contribution is 2.17. The van der Waals surface area contributed by atoms with E-state index in [4.69, 9.17) is 9.47 Å². The van der Waals surface area contributed by atoms with Crippen LogP contribution >= 0.6 is 0 Å². The van der Waals surface area contributed by atoms with Gasteiger partial charge in [0, 0.05) is 31.6 Å². The Morgan fingerprint density at radius 3 is 2.90 bits per heavy atom. The van der Waals surface area contributed by atoms with Crippen LogP contribution in [0.3, 0.4) is 0 Å². The van der Waals surface area contributed by atoms with E-state index in [0.717, 1.165) is 19.4 Å². The minimum atomic E-state index is -0.485. The third kappa shape index (κ3) is 5.36. The normalized spacial score (nSPS) is 21.6. The number of ether oxygens (including phenoxy) is 2. The number of hydrogen-bond acceptors (Lipinski definition) is 5. The molecule has 0 amide bonds. The first kappa shape index (κ1) is 16.4. The monoisotopic (exact) mass is 294 g/mol. The maximum absolute atomic E-state index is 10.1. The summed E-state index contributed by atoms with van der Waals surface area (Å²) in [5.74, 6) is 0. The van der Waals surface area contributed by atoms with Crippen LogP contribution in [0.15, 0.2) is 24.5 Å². The second-order valence-electron chi connectivity index (χ2n) is 5.72. The second kappa shape index (κ2) is 8.44. The molecule has 0 spiro atoms. The van der Waals surface area contributed by atoms with Crippen molar-refractivity contribution in [2.24, 2.45) is 0 Å². The van der Waals surface area contributed by atoms with E-state index in [-0.39, 0.29) is 12.1 Å². The van der Waals surface area contributed by atoms with Crippen molar-refractivity contribution in [1.82, 2.24) is 9.88 Å². The zero-order valence-electron chi connectivity index (χ0n) is 12.9. The third-order valence-electron chi connectivity index (χ3n) is 3.99. The maximum atomic E-state index is 10.1. The fourth-order valence-corrected chi connectivity index (χ4v) is 2.55. The lowest BCUT2D eigenvalue weighted by molar-refractivity contribution is -0.0257. The predicted octanol–water partition coefficient (Wildman–Crippen LogP) is 1.63. The van der Waals surface area contributed by atoms with E-state index in [9.17, 15) is 5.11 Å². The number of nitrogens with zero attached hydrogens (tertiary/aromatic N) is 2. The summed E-state index contributed by atoms with van der Waals surface area (Å²) in [5.41, 5.74) is 1.19. The molecule has 3 unspecified atom stereocenters. The Bertz CT molecular complexity index is 396. The van der Waals surface area contributed by atoms with Gasteiger partial charge in [-0.1, -0.05) is 0 Å². The first-order valence-electron chi connectivity index (χ1n) is 7.64. The zero-order chi connectivity index (χ0) is 15.1. The van der Waals surface area contributed by atoms with Gasteiger partial charge in [-0.15, -0.1) is 0 Å². The highest BCUT2D eigenvalue weighted by Gasteiger charge is 2.18. The zero-order valence-corrected chi connectivity index (χ0v) is 12.9. The van der Waals surface area contributed by atoms with Crippen molar-refractivity contribution in [2.45, 2.75) is 38.0 Å². The molecule has 0 saturated carbocycles. The van der Waals surface area contributed by atoms with Crippen LogP contribution in [0.5, 0.6) is 0 Å². The Kier molecular flexibility index (Phi) is 6.57. The summed E-state index contributed by atoms with van der Waals surface area (Å²) < 4.78 is 11.0. The fraction of sp³-hybridized carbons (Fsp3) is 0.688. The molecule has 1 aliphatic heterocycles. The van der Waals surface area contributed by atoms with Crippen LogP contribution in [-0.2, 0) is 9.47 Å². The van der Waals surface area contributed by atoms with Gasteiger partial charge in [-0.05, 0) is 44.5 Å². The van der Waals surface area contributed by atoms with Crippen LogP contribution in [0.25, 0.3) is 0 Å². The van der Waals surface area contributed by atoms with E-state index in [1.54, 1.807) is 12.4 Å². The molecule has 0 radical (unpaired) electrons. The summed E-state index contributed by atoms with van der Waals surface area (Å²) in [4.78, 5) is 6.15. The van der Waals surface area contributed by atoms with Crippen molar-refractivity contribution in [1.29, 1.82) is 0 Å². The van der Waals surface area contributed by atoms with Crippen molar-refractivity contribution in [3.05, 3.63) is 30.1 Å². The van der Waals surface area contributed by atoms with Gasteiger partial charge in [0.05, 0.1) is 25.4 Å². The van der Waals surface area contributed by atoms with Gasteiger partial charge in [0.15, 0.2) is 0 Å². The van der Waals surface area contributed by atoms with Gasteiger partial charge in [0.2, 0.25) is 0 Å². The number of aliphatic hydroxyl groups is 1. The number of aromatic nitrogens is 1. The molecule has 1 aromatic heterocycles. The first-order chi connectivity index (χ1) is 10.2. The van der Waals surface area contributed by atoms with Gasteiger partial charge in [-0.2, -0.15) is 0 Å². The molecule has 21 heavy (non-hydrogen) atoms. The van der Waals surface area contributed by atoms with E-state index in [0.29, 0.717) is 19.8 Å². The van der Waals surface area contributed by atoms with E-state index >= 15 is 0 Å². The number of aliphatic hydroxyl groups excluding tert-OH is 1. The molecular weight excluding hydrogens is 268 g/mol. The predicted molar refractivity (Wildman–Crippen MR) is 81.1 cm³/mol. The summed E-state index contributed by atoms with van der Waals surface area (Å²) >= 11 is 0. The van der Waals surface area contributed by atoms with Crippen molar-refractivity contribution in [3.63, 3.8) is 0 Å². The minimum Gasteiger partial charge on any atom is -0.389 e. The molecule has 2 rings (SSSR count). The van der Waals surface area contributed by atoms with Crippen molar-refractivity contribution >= 4 is 0 Å². The number of pyridine rings is 1. The van der Waals surface area contributed by atoms with Crippen molar-refractivity contribution in [2.75, 3.05) is 33.4 Å². The summed E-state index contributed by atoms with van der Waals surface area (Å²) in [6.07, 6.45) is 5.49. The third-order valence-corrected chi connectivity index (χ3v) is 3.99. The molecule has 1 aromatic rings. The number of likely N-dealkylation sites (N-methyl/N-ethyl adjacent to an activating group) is 1. The van der Waals surface area contributed by atoms with E-state index < -0.39 is 6.10 Å². The largest absolute Gasteiger partial charge is 0.389 e. The van der Waals surface area contributed by atoms with Crippen LogP contribution in [-0.4, -0.2) is 60.6 Å². The first-order valence-corrected chi connectivity index (χ1v) is 7.64. The van der Waals surface area contributed by atoms with Crippen LogP contribution in [0, 0.1) is 0 Å². The molecule has 5 nitrogen and oxygen atoms in total. The van der Waals surface area contributed by atoms with Gasteiger partial charge >= 0.3 is 0 Å². The molecule has 0 aromatic carbocycles. The smallest absolute Gasteiger partial charge is 0.0900 e. The van der Waals surface area contributed by atoms with Gasteiger partial charge in [-0.25, -0.2) is 0 Å². The molecule has 118 valence electrons. The average Bonchev–Trinajstić information content (AvgIpc) is 3.00. The Balaban J connectivity index is 1.67. The van der Waals surface area contributed by atoms with Gasteiger partial charge in [0.25, 0.3) is 0 Å². The summed E-state index contributed by atoms with van der Waals surface area (Å²) in [6, 6.07) is 4.24. The minimum absolute atomic E-state index is 0.214. The Hall–Kier alpha value is -1.01. The molecule has 1 fully saturated rings. The average molecular weight is 294 g/mol. The van der Waals surface area contributed by atoms with E-state index in [1.165, 1.54) is 5.56 Å². The molecule has 1 N–H and O–H groups in total. The second-order valence-corrected chi connectivity index (χ2v) is 5.72. The Labute approximate surface area is 126 Å². The molecule has 2 heterocycles. The summed E-state index contributed by atoms with van der Waals surface area (Å²) in [6.45, 7) is 4.47. The van der Waals surface area contributed by atoms with Crippen LogP contribution in [0.1, 0.15) is 31.4 Å². The lowest BCUT2D eigenvalue weighted by Gasteiger charge is -2.27. The molecule has 0 bridgehead atoms. The number of rotatable bonds is 8. The van der Waals surface area contributed by atoms with E-state index in [1.807, 2.05) is 19.2 Å². The highest BCUT2D eigenvalue weighted by molar-refractivity contribution is 5.14. The van der Waals surface area contributed by atoms with Gasteiger partial charge in [0.1, 0.15) is 0 Å². The van der Waals surface area contributed by atoms with Gasteiger partial charge < -0.3 is 14.6 Å². The lowest BCUT2D eigenvalue weighted by atomic mass is 10.1. The van der Waals surface area contributed by atoms with Crippen LogP contribution in [0.2, 0.25) is 0 Å². The topological polar surface area (TPSA) is 54.8 Å². The quantitative estimate of drug-likeness (QED) is 0.790. The van der Waals surface area contributed by atoms with E-state index in [2.05, 4.69) is 16.8 Å². The van der Waals surface area contributed by atoms with Crippen molar-refractivity contribution < 1.29 is 14.6 Å². The number of hydrogen-bond donors (Lipinski definition) is 1. The molecule has 0 aliphatic carbocycles. The molecular formula is C16H26N2O3. The molecule has 5 heteroatoms. The SMILES string of the molecule is CC(c1ccncc1)N(C)CC(O)COCC1CCCO1. The highest BCUT2D eigenvalue weighted by atomic mass is 16.5. The Morgan fingerprint density at radius 1 is 1.48 bits per heavy atom. The molecule has 1 saturated heterocycles. The maximum Gasteiger partial charge on any atom is 0.0900 e. The fourth-order valence-electron chi connectivity index (χ4n) is 2.55. The summed E-state index contributed by atoms with van der Waals surface area (Å²) in [7, 11) is 2.01.